The highest BCUT2D eigenvalue weighted by atomic mass is 32.1. The number of hydrogen-bond acceptors (Lipinski definition) is 3. The van der Waals surface area contributed by atoms with Crippen molar-refractivity contribution in [3.05, 3.63) is 66.4 Å². The molecular formula is C18H11NOS. The van der Waals surface area contributed by atoms with E-state index in [4.69, 9.17) is 0 Å². The molecule has 0 saturated carbocycles. The Morgan fingerprint density at radius 3 is 2.76 bits per heavy atom. The molecule has 0 amide bonds. The van der Waals surface area contributed by atoms with Gasteiger partial charge in [0.1, 0.15) is 6.29 Å². The van der Waals surface area contributed by atoms with E-state index < -0.39 is 0 Å². The van der Waals surface area contributed by atoms with Crippen LogP contribution in [0.2, 0.25) is 0 Å². The molecule has 21 heavy (non-hydrogen) atoms. The van der Waals surface area contributed by atoms with Crippen LogP contribution in [0.5, 0.6) is 0 Å². The van der Waals surface area contributed by atoms with Gasteiger partial charge >= 0.3 is 0 Å². The van der Waals surface area contributed by atoms with Crippen molar-refractivity contribution in [3.63, 3.8) is 0 Å². The number of thiophene rings is 1. The highest BCUT2D eigenvalue weighted by Crippen LogP contribution is 2.36. The van der Waals surface area contributed by atoms with E-state index >= 15 is 0 Å². The van der Waals surface area contributed by atoms with Crippen molar-refractivity contribution < 1.29 is 4.79 Å². The number of fused-ring (bicyclic) bond motifs is 2. The van der Waals surface area contributed by atoms with Crippen LogP contribution in [0.4, 0.5) is 0 Å². The monoisotopic (exact) mass is 289 g/mol. The maximum absolute atomic E-state index is 11.0. The number of aromatic nitrogens is 1. The molecule has 4 rings (SSSR count). The Balaban J connectivity index is 2.02. The zero-order chi connectivity index (χ0) is 14.2. The molecular weight excluding hydrogens is 278 g/mol. The number of carbonyl (C=O) groups excluding carboxylic acids is 1. The largest absolute Gasteiger partial charge is 0.298 e. The summed E-state index contributed by atoms with van der Waals surface area (Å²) in [4.78, 5) is 16.6. The second-order valence-electron chi connectivity index (χ2n) is 4.90. The molecule has 2 aromatic heterocycles. The van der Waals surface area contributed by atoms with Crippen LogP contribution >= 0.6 is 11.3 Å². The molecule has 0 spiro atoms. The highest BCUT2D eigenvalue weighted by molar-refractivity contribution is 7.22. The van der Waals surface area contributed by atoms with Crippen molar-refractivity contribution in [2.45, 2.75) is 0 Å². The van der Waals surface area contributed by atoms with Crippen molar-refractivity contribution in [1.82, 2.24) is 4.98 Å². The fourth-order valence-corrected chi connectivity index (χ4v) is 3.67. The molecule has 0 aliphatic rings. The Morgan fingerprint density at radius 2 is 1.90 bits per heavy atom. The minimum Gasteiger partial charge on any atom is -0.298 e. The Labute approximate surface area is 125 Å². The SMILES string of the molecule is O=Cc1ccc2nccc(-c3cc4ccccc4s3)c2c1. The molecule has 0 unspecified atom stereocenters. The summed E-state index contributed by atoms with van der Waals surface area (Å²) in [5, 5.41) is 2.27. The molecule has 0 N–H and O–H groups in total. The van der Waals surface area contributed by atoms with E-state index in [0.29, 0.717) is 5.56 Å². The van der Waals surface area contributed by atoms with Gasteiger partial charge in [0.15, 0.2) is 0 Å². The summed E-state index contributed by atoms with van der Waals surface area (Å²) in [5.74, 6) is 0. The summed E-state index contributed by atoms with van der Waals surface area (Å²) in [7, 11) is 0. The van der Waals surface area contributed by atoms with Gasteiger partial charge in [0.25, 0.3) is 0 Å². The second-order valence-corrected chi connectivity index (χ2v) is 5.99. The molecule has 0 saturated heterocycles. The van der Waals surface area contributed by atoms with Gasteiger partial charge in [0.05, 0.1) is 5.52 Å². The lowest BCUT2D eigenvalue weighted by atomic mass is 10.0. The Kier molecular flexibility index (Phi) is 2.79. The maximum atomic E-state index is 11.0. The number of benzene rings is 2. The van der Waals surface area contributed by atoms with Gasteiger partial charge in [0.2, 0.25) is 0 Å². The quantitative estimate of drug-likeness (QED) is 0.490. The molecule has 0 atom stereocenters. The van der Waals surface area contributed by atoms with E-state index in [9.17, 15) is 4.79 Å². The average Bonchev–Trinajstić information content (AvgIpc) is 2.97. The Hall–Kier alpha value is -2.52. The molecule has 0 radical (unpaired) electrons. The average molecular weight is 289 g/mol. The lowest BCUT2D eigenvalue weighted by Crippen LogP contribution is -1.85. The van der Waals surface area contributed by atoms with E-state index in [1.807, 2.05) is 30.5 Å². The van der Waals surface area contributed by atoms with Crippen molar-refractivity contribution in [1.29, 1.82) is 0 Å². The fourth-order valence-electron chi connectivity index (χ4n) is 2.57. The second kappa shape index (κ2) is 4.79. The summed E-state index contributed by atoms with van der Waals surface area (Å²) in [6.45, 7) is 0. The lowest BCUT2D eigenvalue weighted by Gasteiger charge is -2.04. The van der Waals surface area contributed by atoms with Crippen LogP contribution in [0.15, 0.2) is 60.8 Å². The predicted octanol–water partition coefficient (Wildman–Crippen LogP) is 4.93. The number of carbonyl (C=O) groups is 1. The van der Waals surface area contributed by atoms with Gasteiger partial charge in [-0.2, -0.15) is 0 Å². The minimum absolute atomic E-state index is 0.679. The van der Waals surface area contributed by atoms with Gasteiger partial charge in [-0.15, -0.1) is 11.3 Å². The summed E-state index contributed by atoms with van der Waals surface area (Å²) < 4.78 is 1.27. The van der Waals surface area contributed by atoms with Crippen LogP contribution in [0.1, 0.15) is 10.4 Å². The van der Waals surface area contributed by atoms with E-state index in [1.54, 1.807) is 17.4 Å². The van der Waals surface area contributed by atoms with Crippen molar-refractivity contribution >= 4 is 38.6 Å². The van der Waals surface area contributed by atoms with Gasteiger partial charge in [-0.1, -0.05) is 18.2 Å². The number of pyridine rings is 1. The number of hydrogen-bond donors (Lipinski definition) is 0. The van der Waals surface area contributed by atoms with Crippen LogP contribution in [-0.4, -0.2) is 11.3 Å². The molecule has 100 valence electrons. The maximum Gasteiger partial charge on any atom is 0.150 e. The first-order valence-electron chi connectivity index (χ1n) is 6.68. The van der Waals surface area contributed by atoms with Crippen LogP contribution < -0.4 is 0 Å². The smallest absolute Gasteiger partial charge is 0.150 e. The van der Waals surface area contributed by atoms with Gasteiger partial charge in [-0.3, -0.25) is 9.78 Å². The van der Waals surface area contributed by atoms with Gasteiger partial charge in [-0.05, 0) is 41.8 Å². The van der Waals surface area contributed by atoms with E-state index in [2.05, 4.69) is 29.2 Å². The standard InChI is InChI=1S/C18H11NOS/c20-11-12-5-6-16-15(9-12)14(7-8-19-16)18-10-13-3-1-2-4-17(13)21-18/h1-11H. The predicted molar refractivity (Wildman–Crippen MR) is 87.9 cm³/mol. The van der Waals surface area contributed by atoms with Crippen molar-refractivity contribution in [2.75, 3.05) is 0 Å². The zero-order valence-corrected chi connectivity index (χ0v) is 11.9. The molecule has 4 aromatic rings. The van der Waals surface area contributed by atoms with Gasteiger partial charge < -0.3 is 0 Å². The molecule has 0 bridgehead atoms. The molecule has 0 fully saturated rings. The Bertz CT molecular complexity index is 938. The van der Waals surface area contributed by atoms with Crippen LogP contribution in [0, 0.1) is 0 Å². The van der Waals surface area contributed by atoms with E-state index in [0.717, 1.165) is 22.8 Å². The number of nitrogens with zero attached hydrogens (tertiary/aromatic N) is 1. The molecule has 3 heteroatoms. The third-order valence-electron chi connectivity index (χ3n) is 3.59. The summed E-state index contributed by atoms with van der Waals surface area (Å²) in [6, 6.07) is 18.2. The van der Waals surface area contributed by atoms with Gasteiger partial charge in [-0.25, -0.2) is 0 Å². The first-order chi connectivity index (χ1) is 10.3. The Morgan fingerprint density at radius 1 is 1.00 bits per heavy atom. The summed E-state index contributed by atoms with van der Waals surface area (Å²) in [6.07, 6.45) is 2.70. The summed E-state index contributed by atoms with van der Waals surface area (Å²) >= 11 is 1.76. The molecule has 0 aliphatic carbocycles. The molecule has 2 aromatic carbocycles. The lowest BCUT2D eigenvalue weighted by molar-refractivity contribution is 0.112. The van der Waals surface area contributed by atoms with Crippen LogP contribution in [0.25, 0.3) is 31.4 Å². The zero-order valence-electron chi connectivity index (χ0n) is 11.1. The third-order valence-corrected chi connectivity index (χ3v) is 4.74. The highest BCUT2D eigenvalue weighted by Gasteiger charge is 2.09. The van der Waals surface area contributed by atoms with Crippen molar-refractivity contribution in [3.8, 4) is 10.4 Å². The number of aldehydes is 1. The number of rotatable bonds is 2. The van der Waals surface area contributed by atoms with E-state index in [1.165, 1.54) is 15.0 Å². The van der Waals surface area contributed by atoms with E-state index in [-0.39, 0.29) is 0 Å². The van der Waals surface area contributed by atoms with Gasteiger partial charge in [0, 0.05) is 32.3 Å². The minimum atomic E-state index is 0.679. The normalized spacial score (nSPS) is 11.0. The van der Waals surface area contributed by atoms with Crippen molar-refractivity contribution in [2.24, 2.45) is 0 Å². The first kappa shape index (κ1) is 12.2. The fraction of sp³-hybridized carbons (Fsp3) is 0. The molecule has 2 nitrogen and oxygen atoms in total. The summed E-state index contributed by atoms with van der Waals surface area (Å²) in [5.41, 5.74) is 2.72. The molecule has 0 aliphatic heterocycles. The topological polar surface area (TPSA) is 30.0 Å². The van der Waals surface area contributed by atoms with Crippen LogP contribution in [0.3, 0.4) is 0 Å². The van der Waals surface area contributed by atoms with Crippen LogP contribution in [-0.2, 0) is 0 Å². The third kappa shape index (κ3) is 2.03. The molecule has 2 heterocycles. The first-order valence-corrected chi connectivity index (χ1v) is 7.50.